The number of piperidine rings is 1. The number of amides is 4. The number of anilines is 1. The molecule has 0 bridgehead atoms. The van der Waals surface area contributed by atoms with Gasteiger partial charge in [0.1, 0.15) is 11.2 Å². The number of nitrogens with one attached hydrogen (secondary N) is 1. The van der Waals surface area contributed by atoms with E-state index < -0.39 is 34.8 Å². The Bertz CT molecular complexity index is 2550. The molecule has 67 heavy (non-hydrogen) atoms. The Morgan fingerprint density at radius 2 is 1.42 bits per heavy atom. The van der Waals surface area contributed by atoms with Crippen LogP contribution in [0.5, 0.6) is 0 Å². The summed E-state index contributed by atoms with van der Waals surface area (Å²) in [6.45, 7) is 17.9. The Labute approximate surface area is 411 Å². The lowest BCUT2D eigenvalue weighted by Gasteiger charge is -2.47. The number of aromatic nitrogens is 4. The fourth-order valence-corrected chi connectivity index (χ4v) is 9.13. The largest absolute Gasteiger partial charge is 1.00 e. The van der Waals surface area contributed by atoms with Crippen molar-refractivity contribution in [2.24, 2.45) is 18.9 Å². The molecule has 2 aromatic heterocycles. The average molecular weight is 1060 g/mol. The van der Waals surface area contributed by atoms with Gasteiger partial charge in [-0.25, -0.2) is 23.4 Å². The molecule has 3 saturated heterocycles. The number of carbonyl (C=O) groups excluding carboxylic acids is 5. The highest BCUT2D eigenvalue weighted by atomic mass is 127. The zero-order valence-corrected chi connectivity index (χ0v) is 42.3. The molecule has 1 N–H and O–H groups in total. The predicted molar refractivity (Wildman–Crippen MR) is 243 cm³/mol. The van der Waals surface area contributed by atoms with Crippen LogP contribution in [0.15, 0.2) is 42.7 Å². The lowest BCUT2D eigenvalue weighted by molar-refractivity contribution is -0.918. The molecule has 4 amide bonds. The zero-order valence-electron chi connectivity index (χ0n) is 39.4. The van der Waals surface area contributed by atoms with Gasteiger partial charge in [0.2, 0.25) is 5.91 Å². The molecule has 16 nitrogen and oxygen atoms in total. The zero-order chi connectivity index (χ0) is 48.0. The maximum absolute atomic E-state index is 15.7. The first-order valence-corrected chi connectivity index (χ1v) is 22.6. The Balaban J connectivity index is 0.00000741. The molecule has 4 aromatic rings. The van der Waals surface area contributed by atoms with Crippen LogP contribution in [0.25, 0.3) is 22.4 Å². The molecule has 0 unspecified atom stereocenters. The van der Waals surface area contributed by atoms with Crippen LogP contribution in [-0.2, 0) is 21.3 Å². The van der Waals surface area contributed by atoms with Crippen molar-refractivity contribution >= 4 is 47.2 Å². The van der Waals surface area contributed by atoms with Crippen LogP contribution >= 0.6 is 11.6 Å². The summed E-state index contributed by atoms with van der Waals surface area (Å²) in [6, 6.07) is 7.24. The highest BCUT2D eigenvalue weighted by Crippen LogP contribution is 2.34. The van der Waals surface area contributed by atoms with Crippen LogP contribution in [0.2, 0.25) is 5.02 Å². The van der Waals surface area contributed by atoms with E-state index in [1.165, 1.54) is 48.3 Å². The number of ether oxygens (including phenoxy) is 2. The normalized spacial score (nSPS) is 19.0. The third kappa shape index (κ3) is 11.6. The highest BCUT2D eigenvalue weighted by Gasteiger charge is 2.42. The van der Waals surface area contributed by atoms with Gasteiger partial charge in [-0.05, 0) is 72.7 Å². The number of hydrogen-bond donors (Lipinski definition) is 1. The number of aryl methyl sites for hydroxylation is 1. The van der Waals surface area contributed by atoms with Crippen LogP contribution in [0.3, 0.4) is 0 Å². The molecule has 3 fully saturated rings. The van der Waals surface area contributed by atoms with Crippen molar-refractivity contribution in [1.82, 2.24) is 34.0 Å². The molecule has 20 heteroatoms. The molecule has 0 radical (unpaired) electrons. The summed E-state index contributed by atoms with van der Waals surface area (Å²) >= 11 is 6.61. The molecule has 0 spiro atoms. The number of halogens is 4. The maximum atomic E-state index is 15.7. The molecule has 7 rings (SSSR count). The molecule has 3 aliphatic heterocycles. The molecule has 5 heterocycles. The number of carbonyl (C=O) groups is 5. The van der Waals surface area contributed by atoms with Gasteiger partial charge in [0.05, 0.1) is 54.9 Å². The van der Waals surface area contributed by atoms with Gasteiger partial charge in [-0.2, -0.15) is 9.78 Å². The number of imidazole rings is 1. The SMILES string of the molecule is Cc1nn(C(=O)OC(C)(C)C)cc1-c1ccc(-c2cnc(C(=O)Nc3ccc(C(=O)N4CCN(C(=O)C5CC[N+](C)(CC6CN(C(=O)OC(C)(C)C)C6)CC5)CC4)c(Cl)c3)n2C)c(F)c1F.[I-]. The summed E-state index contributed by atoms with van der Waals surface area (Å²) in [5.41, 5.74) is -0.436. The van der Waals surface area contributed by atoms with E-state index in [2.05, 4.69) is 22.4 Å². The molecule has 2 aromatic carbocycles. The Morgan fingerprint density at radius 3 is 2.03 bits per heavy atom. The van der Waals surface area contributed by atoms with Crippen molar-refractivity contribution in [2.45, 2.75) is 72.5 Å². The van der Waals surface area contributed by atoms with Gasteiger partial charge in [-0.15, -0.1) is 0 Å². The number of quaternary nitrogens is 1. The summed E-state index contributed by atoms with van der Waals surface area (Å²) in [6.07, 6.45) is 3.08. The lowest BCUT2D eigenvalue weighted by Crippen LogP contribution is -3.00. The second-order valence-electron chi connectivity index (χ2n) is 19.9. The van der Waals surface area contributed by atoms with Crippen molar-refractivity contribution in [3.8, 4) is 22.4 Å². The minimum absolute atomic E-state index is 0. The van der Waals surface area contributed by atoms with Gasteiger partial charge in [-0.3, -0.25) is 14.4 Å². The smallest absolute Gasteiger partial charge is 0.435 e. The summed E-state index contributed by atoms with van der Waals surface area (Å²) in [5.74, 6) is -2.94. The van der Waals surface area contributed by atoms with Crippen LogP contribution in [-0.4, -0.2) is 146 Å². The summed E-state index contributed by atoms with van der Waals surface area (Å²) < 4.78 is 45.3. The summed E-state index contributed by atoms with van der Waals surface area (Å²) in [7, 11) is 3.72. The lowest BCUT2D eigenvalue weighted by atomic mass is 9.91. The van der Waals surface area contributed by atoms with E-state index in [0.717, 1.165) is 41.6 Å². The van der Waals surface area contributed by atoms with E-state index in [-0.39, 0.29) is 98.0 Å². The third-order valence-electron chi connectivity index (χ3n) is 12.3. The highest BCUT2D eigenvalue weighted by molar-refractivity contribution is 6.34. The average Bonchev–Trinajstić information content (AvgIpc) is 3.80. The number of nitrogens with zero attached hydrogens (tertiary/aromatic N) is 8. The number of likely N-dealkylation sites (tertiary alicyclic amines) is 2. The second-order valence-corrected chi connectivity index (χ2v) is 20.3. The first-order chi connectivity index (χ1) is 30.9. The third-order valence-corrected chi connectivity index (χ3v) is 12.7. The van der Waals surface area contributed by atoms with E-state index >= 15 is 8.78 Å². The Kier molecular flexibility index (Phi) is 15.2. The van der Waals surface area contributed by atoms with Crippen molar-refractivity contribution < 1.29 is 70.7 Å². The molecule has 0 atom stereocenters. The molecule has 362 valence electrons. The van der Waals surface area contributed by atoms with Crippen LogP contribution in [0.4, 0.5) is 24.1 Å². The van der Waals surface area contributed by atoms with Crippen LogP contribution < -0.4 is 29.3 Å². The number of hydrogen-bond acceptors (Lipinski definition) is 9. The van der Waals surface area contributed by atoms with Gasteiger partial charge in [0.25, 0.3) is 11.8 Å². The number of benzene rings is 2. The van der Waals surface area contributed by atoms with E-state index in [1.807, 2.05) is 25.7 Å². The van der Waals surface area contributed by atoms with E-state index in [4.69, 9.17) is 21.1 Å². The molecular weight excluding hydrogens is 1000 g/mol. The maximum Gasteiger partial charge on any atom is 0.435 e. The molecule has 0 aliphatic carbocycles. The van der Waals surface area contributed by atoms with Gasteiger partial charge >= 0.3 is 12.2 Å². The van der Waals surface area contributed by atoms with Gasteiger partial charge < -0.3 is 62.5 Å². The first-order valence-electron chi connectivity index (χ1n) is 22.2. The van der Waals surface area contributed by atoms with Gasteiger partial charge in [0.15, 0.2) is 17.5 Å². The van der Waals surface area contributed by atoms with Gasteiger partial charge in [-0.1, -0.05) is 17.7 Å². The second kappa shape index (κ2) is 19.8. The Hall–Kier alpha value is -5.15. The topological polar surface area (TPSA) is 161 Å². The summed E-state index contributed by atoms with van der Waals surface area (Å²) in [4.78, 5) is 75.0. The van der Waals surface area contributed by atoms with E-state index in [1.54, 1.807) is 43.6 Å². The molecular formula is C47H59ClF2IN9O7. The monoisotopic (exact) mass is 1060 g/mol. The molecule has 3 aliphatic rings. The minimum Gasteiger partial charge on any atom is -1.00 e. The van der Waals surface area contributed by atoms with Gasteiger partial charge in [0, 0.05) is 99.6 Å². The number of piperazine rings is 1. The van der Waals surface area contributed by atoms with Crippen molar-refractivity contribution in [3.63, 3.8) is 0 Å². The fraction of sp³-hybridized carbons (Fsp3) is 0.511. The Morgan fingerprint density at radius 1 is 0.836 bits per heavy atom. The van der Waals surface area contributed by atoms with E-state index in [9.17, 15) is 24.0 Å². The van der Waals surface area contributed by atoms with Crippen LogP contribution in [0, 0.1) is 30.4 Å². The van der Waals surface area contributed by atoms with E-state index in [0.29, 0.717) is 45.2 Å². The van der Waals surface area contributed by atoms with Crippen molar-refractivity contribution in [3.05, 3.63) is 76.5 Å². The molecule has 0 saturated carbocycles. The minimum atomic E-state index is -1.19. The predicted octanol–water partition coefficient (Wildman–Crippen LogP) is 4.24. The van der Waals surface area contributed by atoms with Crippen molar-refractivity contribution in [2.75, 3.05) is 71.3 Å². The fourth-order valence-electron chi connectivity index (χ4n) is 8.87. The number of rotatable bonds is 8. The summed E-state index contributed by atoms with van der Waals surface area (Å²) in [5, 5.41) is 6.95. The first kappa shape index (κ1) is 51.2. The standard InChI is InChI=1S/C47H58ClF2N9O7.HI/c1-28-35(26-58(53-28)45(64)66-47(5,6)7)32-12-13-34(39(50)38(32)49)37-23-51-40(54(37)8)41(60)52-31-10-11-33(36(48)22-31)43(62)56-18-16-55(17-19-56)42(61)30-14-20-59(9,21-15-30)27-29-24-57(25-29)44(63)65-46(2,3)4;/h10-13,22-23,26,29-30H,14-21,24-25,27H2,1-9H3;1H. The van der Waals surface area contributed by atoms with Crippen molar-refractivity contribution in [1.29, 1.82) is 0 Å². The quantitative estimate of drug-likeness (QED) is 0.201. The van der Waals surface area contributed by atoms with Crippen LogP contribution in [0.1, 0.15) is 81.1 Å².